The number of carbonyl (C=O) groups is 1. The van der Waals surface area contributed by atoms with Gasteiger partial charge in [-0.3, -0.25) is 9.20 Å². The maximum Gasteiger partial charge on any atom is 0.263 e. The summed E-state index contributed by atoms with van der Waals surface area (Å²) >= 11 is 6.37. The van der Waals surface area contributed by atoms with E-state index in [0.29, 0.717) is 9.23 Å². The van der Waals surface area contributed by atoms with Crippen LogP contribution in [0, 0.1) is 0 Å². The molecule has 2 aromatic heterocycles. The van der Waals surface area contributed by atoms with Gasteiger partial charge in [0.15, 0.2) is 0 Å². The van der Waals surface area contributed by atoms with Crippen LogP contribution in [-0.4, -0.2) is 57.7 Å². The third-order valence-electron chi connectivity index (χ3n) is 5.48. The Balaban J connectivity index is 1.49. The van der Waals surface area contributed by atoms with Gasteiger partial charge in [0, 0.05) is 43.6 Å². The first-order valence-corrected chi connectivity index (χ1v) is 11.1. The number of thioether (sulfide) groups is 1. The van der Waals surface area contributed by atoms with Crippen molar-refractivity contribution in [3.63, 3.8) is 0 Å². The summed E-state index contributed by atoms with van der Waals surface area (Å²) in [5.41, 5.74) is 5.19. The van der Waals surface area contributed by atoms with Crippen molar-refractivity contribution in [3.8, 4) is 11.3 Å². The molecule has 1 amide bonds. The summed E-state index contributed by atoms with van der Waals surface area (Å²) in [6, 6.07) is 12.6. The van der Waals surface area contributed by atoms with Crippen LogP contribution in [0.2, 0.25) is 0 Å². The maximum absolute atomic E-state index is 12.0. The molecule has 0 atom stereocenters. The Labute approximate surface area is 184 Å². The highest BCUT2D eigenvalue weighted by Gasteiger charge is 2.22. The van der Waals surface area contributed by atoms with Gasteiger partial charge in [-0.2, -0.15) is 0 Å². The lowest BCUT2D eigenvalue weighted by molar-refractivity contribution is -0.115. The molecule has 2 saturated heterocycles. The number of nitrogens with one attached hydrogen (secondary N) is 1. The van der Waals surface area contributed by atoms with E-state index in [1.54, 1.807) is 0 Å². The van der Waals surface area contributed by atoms with Gasteiger partial charge in [0.05, 0.1) is 16.8 Å². The van der Waals surface area contributed by atoms with Crippen molar-refractivity contribution in [3.05, 3.63) is 59.3 Å². The van der Waals surface area contributed by atoms with E-state index in [0.717, 1.165) is 48.6 Å². The molecule has 0 spiro atoms. The zero-order chi connectivity index (χ0) is 20.7. The van der Waals surface area contributed by atoms with E-state index in [4.69, 9.17) is 12.2 Å². The number of fused-ring (bicyclic) bond motifs is 1. The number of likely N-dealkylation sites (N-methyl/N-ethyl adjacent to an activating group) is 1. The summed E-state index contributed by atoms with van der Waals surface area (Å²) < 4.78 is 2.57. The van der Waals surface area contributed by atoms with Gasteiger partial charge in [-0.1, -0.05) is 36.1 Å². The second-order valence-electron chi connectivity index (χ2n) is 7.53. The Hall–Kier alpha value is -2.68. The van der Waals surface area contributed by atoms with Crippen LogP contribution in [0.25, 0.3) is 23.0 Å². The van der Waals surface area contributed by atoms with E-state index in [2.05, 4.69) is 55.8 Å². The van der Waals surface area contributed by atoms with Gasteiger partial charge < -0.3 is 15.1 Å². The number of hydrogen-bond acceptors (Lipinski definition) is 6. The molecule has 0 bridgehead atoms. The molecule has 1 aromatic carbocycles. The lowest BCUT2D eigenvalue weighted by atomic mass is 10.1. The van der Waals surface area contributed by atoms with Crippen molar-refractivity contribution in [2.24, 2.45) is 0 Å². The number of amides is 1. The lowest BCUT2D eigenvalue weighted by Gasteiger charge is -2.34. The topological polar surface area (TPSA) is 52.9 Å². The van der Waals surface area contributed by atoms with Gasteiger partial charge in [0.2, 0.25) is 0 Å². The molecule has 0 aliphatic carbocycles. The number of anilines is 1. The lowest BCUT2D eigenvalue weighted by Crippen LogP contribution is -2.44. The van der Waals surface area contributed by atoms with Gasteiger partial charge >= 0.3 is 0 Å². The first-order chi connectivity index (χ1) is 14.6. The van der Waals surface area contributed by atoms with Crippen molar-refractivity contribution in [2.75, 3.05) is 38.1 Å². The third kappa shape index (κ3) is 3.74. The Morgan fingerprint density at radius 1 is 1.17 bits per heavy atom. The molecule has 4 heterocycles. The Morgan fingerprint density at radius 3 is 2.77 bits per heavy atom. The van der Waals surface area contributed by atoms with Crippen molar-refractivity contribution < 1.29 is 4.79 Å². The molecular formula is C22H21N5OS2. The van der Waals surface area contributed by atoms with Crippen molar-refractivity contribution in [2.45, 2.75) is 0 Å². The van der Waals surface area contributed by atoms with Crippen LogP contribution in [0.1, 0.15) is 5.56 Å². The molecule has 6 nitrogen and oxygen atoms in total. The summed E-state index contributed by atoms with van der Waals surface area (Å²) in [6.45, 7) is 4.22. The standard InChI is InChI=1S/C22H21N5OS2/c1-25-7-9-26(10-8-25)17-4-2-3-16(12-17)18-13-23-20-6-5-15(14-27(18)20)11-19-21(28)24-22(29)30-19/h2-6,11-14H,7-10H2,1H3,(H,24,28,29). The second kappa shape index (κ2) is 7.86. The fourth-order valence-corrected chi connectivity index (χ4v) is 4.84. The highest BCUT2D eigenvalue weighted by atomic mass is 32.2. The molecule has 152 valence electrons. The average molecular weight is 436 g/mol. The summed E-state index contributed by atoms with van der Waals surface area (Å²) in [6.07, 6.45) is 5.78. The van der Waals surface area contributed by atoms with Gasteiger partial charge in [-0.15, -0.1) is 0 Å². The normalized spacial score (nSPS) is 19.1. The summed E-state index contributed by atoms with van der Waals surface area (Å²) in [7, 11) is 2.17. The van der Waals surface area contributed by atoms with Crippen molar-refractivity contribution >= 4 is 51.6 Å². The molecule has 0 unspecified atom stereocenters. The van der Waals surface area contributed by atoms with Crippen LogP contribution in [-0.2, 0) is 4.79 Å². The minimum absolute atomic E-state index is 0.143. The molecule has 1 N–H and O–H groups in total. The largest absolute Gasteiger partial charge is 0.369 e. The molecule has 5 rings (SSSR count). The fraction of sp³-hybridized carbons (Fsp3) is 0.227. The minimum atomic E-state index is -0.143. The fourth-order valence-electron chi connectivity index (χ4n) is 3.79. The van der Waals surface area contributed by atoms with Crippen LogP contribution >= 0.6 is 24.0 Å². The zero-order valence-corrected chi connectivity index (χ0v) is 18.2. The number of carbonyl (C=O) groups excluding carboxylic acids is 1. The first-order valence-electron chi connectivity index (χ1n) is 9.83. The van der Waals surface area contributed by atoms with Gasteiger partial charge in [0.1, 0.15) is 9.97 Å². The van der Waals surface area contributed by atoms with Crippen LogP contribution in [0.5, 0.6) is 0 Å². The number of aromatic nitrogens is 2. The zero-order valence-electron chi connectivity index (χ0n) is 16.5. The average Bonchev–Trinajstić information content (AvgIpc) is 3.31. The molecule has 2 aliphatic rings. The molecule has 2 fully saturated rings. The quantitative estimate of drug-likeness (QED) is 0.504. The Bertz CT molecular complexity index is 1180. The molecule has 8 heteroatoms. The number of thiocarbonyl (C=S) groups is 1. The minimum Gasteiger partial charge on any atom is -0.369 e. The number of imidazole rings is 1. The maximum atomic E-state index is 12.0. The van der Waals surface area contributed by atoms with Crippen molar-refractivity contribution in [1.29, 1.82) is 0 Å². The number of rotatable bonds is 3. The second-order valence-corrected chi connectivity index (χ2v) is 9.25. The monoisotopic (exact) mass is 435 g/mol. The summed E-state index contributed by atoms with van der Waals surface area (Å²) in [5, 5.41) is 2.66. The molecule has 2 aliphatic heterocycles. The van der Waals surface area contributed by atoms with Gasteiger partial charge in [-0.05, 0) is 43.0 Å². The predicted octanol–water partition coefficient (Wildman–Crippen LogP) is 3.24. The Morgan fingerprint density at radius 2 is 2.00 bits per heavy atom. The molecule has 0 radical (unpaired) electrons. The van der Waals surface area contributed by atoms with Crippen LogP contribution in [0.15, 0.2) is 53.7 Å². The highest BCUT2D eigenvalue weighted by Crippen LogP contribution is 2.29. The number of nitrogens with zero attached hydrogens (tertiary/aromatic N) is 4. The molecular weight excluding hydrogens is 414 g/mol. The van der Waals surface area contributed by atoms with Crippen molar-refractivity contribution in [1.82, 2.24) is 19.6 Å². The number of hydrogen-bond donors (Lipinski definition) is 1. The molecule has 0 saturated carbocycles. The van der Waals surface area contributed by atoms with E-state index >= 15 is 0 Å². The smallest absolute Gasteiger partial charge is 0.263 e. The summed E-state index contributed by atoms with van der Waals surface area (Å²) in [5.74, 6) is -0.143. The van der Waals surface area contributed by atoms with E-state index in [-0.39, 0.29) is 5.91 Å². The van der Waals surface area contributed by atoms with E-state index in [1.807, 2.05) is 30.6 Å². The SMILES string of the molecule is CN1CCN(c2cccc(-c3cnc4ccc(C=C5SC(=S)NC5=O)cn34)c2)CC1. The van der Waals surface area contributed by atoms with Gasteiger partial charge in [-0.25, -0.2) is 4.98 Å². The number of pyridine rings is 1. The Kier molecular flexibility index (Phi) is 5.06. The summed E-state index contributed by atoms with van der Waals surface area (Å²) in [4.78, 5) is 21.9. The van der Waals surface area contributed by atoms with E-state index in [1.165, 1.54) is 17.4 Å². The van der Waals surface area contributed by atoms with Crippen LogP contribution < -0.4 is 10.2 Å². The molecule has 30 heavy (non-hydrogen) atoms. The first kappa shape index (κ1) is 19.3. The molecule has 3 aromatic rings. The van der Waals surface area contributed by atoms with E-state index < -0.39 is 0 Å². The number of piperazine rings is 1. The number of benzene rings is 1. The predicted molar refractivity (Wildman–Crippen MR) is 127 cm³/mol. The highest BCUT2D eigenvalue weighted by molar-refractivity contribution is 8.26. The third-order valence-corrected chi connectivity index (χ3v) is 6.64. The van der Waals surface area contributed by atoms with Crippen LogP contribution in [0.4, 0.5) is 5.69 Å². The van der Waals surface area contributed by atoms with Gasteiger partial charge in [0.25, 0.3) is 5.91 Å². The van der Waals surface area contributed by atoms with E-state index in [9.17, 15) is 4.79 Å². The van der Waals surface area contributed by atoms with Crippen LogP contribution in [0.3, 0.4) is 0 Å².